The van der Waals surface area contributed by atoms with E-state index in [2.05, 4.69) is 5.10 Å². The van der Waals surface area contributed by atoms with Crippen LogP contribution in [0.5, 0.6) is 11.5 Å². The van der Waals surface area contributed by atoms with Crippen molar-refractivity contribution in [3.8, 4) is 22.8 Å². The lowest BCUT2D eigenvalue weighted by Gasteiger charge is -2.12. The van der Waals surface area contributed by atoms with Crippen molar-refractivity contribution in [2.45, 2.75) is 12.7 Å². The Morgan fingerprint density at radius 1 is 0.703 bits per heavy atom. The van der Waals surface area contributed by atoms with Gasteiger partial charge in [-0.2, -0.15) is 18.3 Å². The average molecular weight is 495 g/mol. The van der Waals surface area contributed by atoms with Gasteiger partial charge in [-0.05, 0) is 35.2 Å². The monoisotopic (exact) mass is 494 g/mol. The molecule has 1 heterocycles. The zero-order chi connectivity index (χ0) is 25.4. The Kier molecular flexibility index (Phi) is 5.64. The van der Waals surface area contributed by atoms with Crippen molar-refractivity contribution in [3.63, 3.8) is 0 Å². The number of nitrogens with zero attached hydrogens (tertiary/aromatic N) is 2. The van der Waals surface area contributed by atoms with Crippen molar-refractivity contribution >= 4 is 21.7 Å². The molecule has 0 saturated carbocycles. The zero-order valence-electron chi connectivity index (χ0n) is 19.6. The number of ether oxygens (including phenoxy) is 1. The molecule has 3 nitrogen and oxygen atoms in total. The fraction of sp³-hybridized carbons (Fsp3) is 0.0645. The minimum Gasteiger partial charge on any atom is -0.457 e. The minimum absolute atomic E-state index is 0.0682. The first-order chi connectivity index (χ1) is 18.0. The van der Waals surface area contributed by atoms with Crippen molar-refractivity contribution in [2.24, 2.45) is 0 Å². The first-order valence-corrected chi connectivity index (χ1v) is 11.8. The van der Waals surface area contributed by atoms with E-state index in [4.69, 9.17) is 4.74 Å². The van der Waals surface area contributed by atoms with Gasteiger partial charge in [0.15, 0.2) is 0 Å². The standard InChI is InChI=1S/C31H21F3N2O/c32-31(33,34)27-17-8-16-26-29(27)35-36(20-21-9-2-1-3-10-21)30(26)23-13-6-14-24(19-23)37-28-18-7-12-22-11-4-5-15-25(22)28/h1-19H,20H2. The molecule has 1 aromatic heterocycles. The minimum atomic E-state index is -4.51. The quantitative estimate of drug-likeness (QED) is 0.240. The normalized spacial score (nSPS) is 11.8. The van der Waals surface area contributed by atoms with E-state index in [9.17, 15) is 13.2 Å². The Hall–Kier alpha value is -4.58. The number of hydrogen-bond acceptors (Lipinski definition) is 2. The average Bonchev–Trinajstić information content (AvgIpc) is 3.27. The first kappa shape index (κ1) is 22.9. The molecular weight excluding hydrogens is 473 g/mol. The van der Waals surface area contributed by atoms with Crippen LogP contribution in [0.3, 0.4) is 0 Å². The van der Waals surface area contributed by atoms with E-state index in [1.807, 2.05) is 97.1 Å². The van der Waals surface area contributed by atoms with Gasteiger partial charge in [-0.15, -0.1) is 0 Å². The van der Waals surface area contributed by atoms with E-state index in [-0.39, 0.29) is 5.52 Å². The molecule has 0 atom stereocenters. The molecule has 0 fully saturated rings. The number of aromatic nitrogens is 2. The second-order valence-corrected chi connectivity index (χ2v) is 8.80. The van der Waals surface area contributed by atoms with Crippen molar-refractivity contribution in [1.29, 1.82) is 0 Å². The predicted octanol–water partition coefficient (Wildman–Crippen LogP) is 8.72. The van der Waals surface area contributed by atoms with Gasteiger partial charge in [0, 0.05) is 16.3 Å². The Morgan fingerprint density at radius 2 is 1.41 bits per heavy atom. The Labute approximate surface area is 211 Å². The van der Waals surface area contributed by atoms with Crippen molar-refractivity contribution in [3.05, 3.63) is 126 Å². The molecule has 37 heavy (non-hydrogen) atoms. The second kappa shape index (κ2) is 9.13. The summed E-state index contributed by atoms with van der Waals surface area (Å²) < 4.78 is 49.5. The van der Waals surface area contributed by atoms with E-state index in [0.29, 0.717) is 29.1 Å². The molecule has 5 aromatic carbocycles. The summed E-state index contributed by atoms with van der Waals surface area (Å²) in [7, 11) is 0. The summed E-state index contributed by atoms with van der Waals surface area (Å²) in [5.74, 6) is 1.29. The second-order valence-electron chi connectivity index (χ2n) is 8.80. The highest BCUT2D eigenvalue weighted by atomic mass is 19.4. The fourth-order valence-electron chi connectivity index (χ4n) is 4.67. The lowest BCUT2D eigenvalue weighted by Crippen LogP contribution is -2.06. The third-order valence-corrected chi connectivity index (χ3v) is 6.34. The Morgan fingerprint density at radius 3 is 2.24 bits per heavy atom. The van der Waals surface area contributed by atoms with Gasteiger partial charge in [0.2, 0.25) is 0 Å². The number of fused-ring (bicyclic) bond motifs is 2. The zero-order valence-corrected chi connectivity index (χ0v) is 19.6. The van der Waals surface area contributed by atoms with Crippen LogP contribution in [-0.4, -0.2) is 9.78 Å². The van der Waals surface area contributed by atoms with Gasteiger partial charge < -0.3 is 4.74 Å². The van der Waals surface area contributed by atoms with Crippen LogP contribution in [0.2, 0.25) is 0 Å². The van der Waals surface area contributed by atoms with E-state index in [1.165, 1.54) is 6.07 Å². The maximum Gasteiger partial charge on any atom is 0.418 e. The van der Waals surface area contributed by atoms with E-state index in [0.717, 1.165) is 28.0 Å². The van der Waals surface area contributed by atoms with Gasteiger partial charge >= 0.3 is 6.18 Å². The molecule has 6 aromatic rings. The first-order valence-electron chi connectivity index (χ1n) is 11.8. The topological polar surface area (TPSA) is 27.1 Å². The molecular formula is C31H21F3N2O. The highest BCUT2D eigenvalue weighted by Crippen LogP contribution is 2.39. The molecule has 6 heteroatoms. The highest BCUT2D eigenvalue weighted by Gasteiger charge is 2.34. The van der Waals surface area contributed by atoms with Gasteiger partial charge in [-0.3, -0.25) is 4.68 Å². The van der Waals surface area contributed by atoms with Crippen LogP contribution in [0.15, 0.2) is 115 Å². The van der Waals surface area contributed by atoms with E-state index in [1.54, 1.807) is 10.7 Å². The molecule has 0 saturated heterocycles. The molecule has 0 radical (unpaired) electrons. The Balaban J connectivity index is 1.49. The predicted molar refractivity (Wildman–Crippen MR) is 140 cm³/mol. The van der Waals surface area contributed by atoms with E-state index < -0.39 is 11.7 Å². The van der Waals surface area contributed by atoms with Crippen LogP contribution in [0, 0.1) is 0 Å². The molecule has 0 aliphatic heterocycles. The molecule has 0 aliphatic rings. The summed E-state index contributed by atoms with van der Waals surface area (Å²) in [6, 6.07) is 35.0. The Bertz CT molecular complexity index is 1720. The largest absolute Gasteiger partial charge is 0.457 e. The van der Waals surface area contributed by atoms with Gasteiger partial charge in [-0.1, -0.05) is 91.0 Å². The number of hydrogen-bond donors (Lipinski definition) is 0. The maximum atomic E-state index is 13.9. The number of rotatable bonds is 5. The van der Waals surface area contributed by atoms with Crippen molar-refractivity contribution < 1.29 is 17.9 Å². The molecule has 182 valence electrons. The number of alkyl halides is 3. The van der Waals surface area contributed by atoms with Crippen LogP contribution in [0.4, 0.5) is 13.2 Å². The van der Waals surface area contributed by atoms with Gasteiger partial charge in [-0.25, -0.2) is 0 Å². The SMILES string of the molecule is FC(F)(F)c1cccc2c(-c3cccc(Oc4cccc5ccccc45)c3)n(Cc3ccccc3)nc12. The molecule has 0 N–H and O–H groups in total. The third kappa shape index (κ3) is 4.42. The summed E-state index contributed by atoms with van der Waals surface area (Å²) >= 11 is 0. The summed E-state index contributed by atoms with van der Waals surface area (Å²) in [5.41, 5.74) is 1.44. The number of halogens is 3. The van der Waals surface area contributed by atoms with Crippen LogP contribution in [0.25, 0.3) is 32.9 Å². The van der Waals surface area contributed by atoms with Crippen LogP contribution in [-0.2, 0) is 12.7 Å². The van der Waals surface area contributed by atoms with Crippen LogP contribution in [0.1, 0.15) is 11.1 Å². The van der Waals surface area contributed by atoms with E-state index >= 15 is 0 Å². The third-order valence-electron chi connectivity index (χ3n) is 6.34. The lowest BCUT2D eigenvalue weighted by molar-refractivity contribution is -0.136. The van der Waals surface area contributed by atoms with Crippen molar-refractivity contribution in [2.75, 3.05) is 0 Å². The summed E-state index contributed by atoms with van der Waals surface area (Å²) in [5, 5.41) is 6.93. The fourth-order valence-corrected chi connectivity index (χ4v) is 4.67. The van der Waals surface area contributed by atoms with Crippen LogP contribution < -0.4 is 4.74 Å². The van der Waals surface area contributed by atoms with Crippen LogP contribution >= 0.6 is 0 Å². The summed E-state index contributed by atoms with van der Waals surface area (Å²) in [4.78, 5) is 0. The molecule has 0 unspecified atom stereocenters. The van der Waals surface area contributed by atoms with Gasteiger partial charge in [0.05, 0.1) is 17.8 Å². The lowest BCUT2D eigenvalue weighted by atomic mass is 10.0. The number of benzene rings is 5. The molecule has 0 spiro atoms. The molecule has 0 bridgehead atoms. The smallest absolute Gasteiger partial charge is 0.418 e. The van der Waals surface area contributed by atoms with Gasteiger partial charge in [0.25, 0.3) is 0 Å². The van der Waals surface area contributed by atoms with Gasteiger partial charge in [0.1, 0.15) is 17.0 Å². The highest BCUT2D eigenvalue weighted by molar-refractivity contribution is 5.95. The van der Waals surface area contributed by atoms with Crippen molar-refractivity contribution in [1.82, 2.24) is 9.78 Å². The summed E-state index contributed by atoms with van der Waals surface area (Å²) in [6.07, 6.45) is -4.51. The summed E-state index contributed by atoms with van der Waals surface area (Å²) in [6.45, 7) is 0.330. The maximum absolute atomic E-state index is 13.9. The molecule has 6 rings (SSSR count). The molecule has 0 aliphatic carbocycles. The molecule has 0 amide bonds.